The van der Waals surface area contributed by atoms with Gasteiger partial charge < -0.3 is 4.74 Å². The lowest BCUT2D eigenvalue weighted by Gasteiger charge is -2.14. The highest BCUT2D eigenvalue weighted by Gasteiger charge is 2.23. The average molecular weight is 405 g/mol. The van der Waals surface area contributed by atoms with E-state index in [1.165, 1.54) is 0 Å². The van der Waals surface area contributed by atoms with E-state index in [1.807, 2.05) is 0 Å². The normalized spacial score (nSPS) is 12.3. The van der Waals surface area contributed by atoms with Gasteiger partial charge in [0, 0.05) is 11.1 Å². The van der Waals surface area contributed by atoms with Crippen molar-refractivity contribution in [1.82, 2.24) is 0 Å². The SMILES string of the molecule is ClC(Cl)(Cl)c1ccc(Oc2cccc(C(Cl)(Cl)Cl)c2)cc1. The summed E-state index contributed by atoms with van der Waals surface area (Å²) >= 11 is 34.9. The lowest BCUT2D eigenvalue weighted by Crippen LogP contribution is -2.00. The topological polar surface area (TPSA) is 9.23 Å². The molecule has 0 aliphatic rings. The Kier molecular flexibility index (Phi) is 5.46. The lowest BCUT2D eigenvalue weighted by atomic mass is 10.2. The summed E-state index contributed by atoms with van der Waals surface area (Å²) in [5.41, 5.74) is 1.07. The van der Waals surface area contributed by atoms with Crippen LogP contribution in [-0.2, 0) is 7.59 Å². The minimum absolute atomic E-state index is 0.517. The van der Waals surface area contributed by atoms with Crippen molar-refractivity contribution in [2.24, 2.45) is 0 Å². The van der Waals surface area contributed by atoms with Crippen LogP contribution < -0.4 is 4.74 Å². The number of hydrogen-bond donors (Lipinski definition) is 0. The van der Waals surface area contributed by atoms with Gasteiger partial charge in [-0.25, -0.2) is 0 Å². The molecule has 0 amide bonds. The summed E-state index contributed by atoms with van der Waals surface area (Å²) in [6, 6.07) is 13.6. The Hall–Kier alpha value is -0.0200. The van der Waals surface area contributed by atoms with Crippen molar-refractivity contribution < 1.29 is 4.74 Å². The number of alkyl halides is 6. The van der Waals surface area contributed by atoms with Crippen LogP contribution in [0.1, 0.15) is 11.1 Å². The van der Waals surface area contributed by atoms with Crippen molar-refractivity contribution in [1.29, 1.82) is 0 Å². The number of ether oxygens (including phenoxy) is 1. The van der Waals surface area contributed by atoms with Gasteiger partial charge in [-0.1, -0.05) is 93.9 Å². The summed E-state index contributed by atoms with van der Waals surface area (Å²) in [4.78, 5) is 0. The first-order chi connectivity index (χ1) is 9.66. The lowest BCUT2D eigenvalue weighted by molar-refractivity contribution is 0.482. The maximum atomic E-state index is 5.84. The summed E-state index contributed by atoms with van der Waals surface area (Å²) in [6.45, 7) is 0. The highest BCUT2D eigenvalue weighted by atomic mass is 35.6. The molecule has 0 bridgehead atoms. The van der Waals surface area contributed by atoms with Crippen LogP contribution in [0.2, 0.25) is 0 Å². The van der Waals surface area contributed by atoms with Gasteiger partial charge in [0.25, 0.3) is 0 Å². The molecule has 0 saturated heterocycles. The van der Waals surface area contributed by atoms with Crippen molar-refractivity contribution in [3.05, 3.63) is 59.7 Å². The molecular formula is C14H8Cl6O. The summed E-state index contributed by atoms with van der Waals surface area (Å²) < 4.78 is 2.71. The molecule has 112 valence electrons. The molecule has 0 atom stereocenters. The Balaban J connectivity index is 2.19. The molecule has 0 aliphatic carbocycles. The van der Waals surface area contributed by atoms with Crippen LogP contribution in [0.25, 0.3) is 0 Å². The van der Waals surface area contributed by atoms with Crippen molar-refractivity contribution >= 4 is 69.6 Å². The Morgan fingerprint density at radius 1 is 0.619 bits per heavy atom. The van der Waals surface area contributed by atoms with Gasteiger partial charge in [-0.3, -0.25) is 0 Å². The molecule has 0 aliphatic heterocycles. The standard InChI is InChI=1S/C14H8Cl6O/c15-13(16,17)9-4-6-11(7-5-9)21-12-3-1-2-10(8-12)14(18,19)20/h1-8H. The van der Waals surface area contributed by atoms with E-state index >= 15 is 0 Å². The predicted molar refractivity (Wildman–Crippen MR) is 91.4 cm³/mol. The zero-order valence-electron chi connectivity index (χ0n) is 10.3. The van der Waals surface area contributed by atoms with E-state index in [0.29, 0.717) is 22.6 Å². The summed E-state index contributed by atoms with van der Waals surface area (Å²) in [7, 11) is 0. The van der Waals surface area contributed by atoms with Crippen LogP contribution in [0.15, 0.2) is 48.5 Å². The molecule has 2 aromatic rings. The third kappa shape index (κ3) is 4.99. The minimum atomic E-state index is -1.50. The Bertz CT molecular complexity index is 613. The van der Waals surface area contributed by atoms with Gasteiger partial charge in [-0.2, -0.15) is 0 Å². The highest BCUT2D eigenvalue weighted by Crippen LogP contribution is 2.41. The fourth-order valence-electron chi connectivity index (χ4n) is 1.58. The van der Waals surface area contributed by atoms with E-state index in [-0.39, 0.29) is 0 Å². The van der Waals surface area contributed by atoms with Gasteiger partial charge in [0.2, 0.25) is 7.59 Å². The molecule has 0 heterocycles. The monoisotopic (exact) mass is 402 g/mol. The fraction of sp³-hybridized carbons (Fsp3) is 0.143. The van der Waals surface area contributed by atoms with Crippen molar-refractivity contribution in [3.63, 3.8) is 0 Å². The number of hydrogen-bond acceptors (Lipinski definition) is 1. The number of halogens is 6. The molecule has 7 heteroatoms. The zero-order chi connectivity index (χ0) is 15.7. The van der Waals surface area contributed by atoms with Crippen LogP contribution >= 0.6 is 69.6 Å². The van der Waals surface area contributed by atoms with E-state index in [2.05, 4.69) is 0 Å². The van der Waals surface area contributed by atoms with E-state index < -0.39 is 7.59 Å². The number of benzene rings is 2. The van der Waals surface area contributed by atoms with Gasteiger partial charge in [0.05, 0.1) is 0 Å². The summed E-state index contributed by atoms with van der Waals surface area (Å²) in [5, 5.41) is 0. The molecule has 0 fully saturated rings. The predicted octanol–water partition coefficient (Wildman–Crippen LogP) is 7.13. The van der Waals surface area contributed by atoms with Gasteiger partial charge >= 0.3 is 0 Å². The molecule has 0 N–H and O–H groups in total. The second-order valence-corrected chi connectivity index (χ2v) is 8.71. The van der Waals surface area contributed by atoms with Gasteiger partial charge in [0.15, 0.2) is 0 Å². The second-order valence-electron chi connectivity index (χ2n) is 4.15. The van der Waals surface area contributed by atoms with E-state index in [1.54, 1.807) is 48.5 Å². The van der Waals surface area contributed by atoms with Crippen LogP contribution in [0, 0.1) is 0 Å². The first-order valence-electron chi connectivity index (χ1n) is 5.68. The van der Waals surface area contributed by atoms with Crippen LogP contribution in [0.4, 0.5) is 0 Å². The first-order valence-corrected chi connectivity index (χ1v) is 7.95. The number of rotatable bonds is 2. The minimum Gasteiger partial charge on any atom is -0.457 e. The summed E-state index contributed by atoms with van der Waals surface area (Å²) in [5.74, 6) is 1.12. The molecule has 0 radical (unpaired) electrons. The quantitative estimate of drug-likeness (QED) is 0.483. The molecule has 2 aromatic carbocycles. The van der Waals surface area contributed by atoms with Gasteiger partial charge in [-0.15, -0.1) is 0 Å². The largest absolute Gasteiger partial charge is 0.457 e. The third-order valence-corrected chi connectivity index (χ3v) is 3.89. The van der Waals surface area contributed by atoms with E-state index in [0.717, 1.165) is 0 Å². The third-order valence-electron chi connectivity index (χ3n) is 2.58. The van der Waals surface area contributed by atoms with Crippen molar-refractivity contribution in [2.45, 2.75) is 7.59 Å². The molecule has 0 unspecified atom stereocenters. The summed E-state index contributed by atoms with van der Waals surface area (Å²) in [6.07, 6.45) is 0. The van der Waals surface area contributed by atoms with Crippen LogP contribution in [-0.4, -0.2) is 0 Å². The van der Waals surface area contributed by atoms with Gasteiger partial charge in [-0.05, 0) is 24.3 Å². The second kappa shape index (κ2) is 6.62. The van der Waals surface area contributed by atoms with E-state index in [4.69, 9.17) is 74.3 Å². The fourth-order valence-corrected chi connectivity index (χ4v) is 2.31. The van der Waals surface area contributed by atoms with Crippen molar-refractivity contribution in [2.75, 3.05) is 0 Å². The zero-order valence-corrected chi connectivity index (χ0v) is 14.8. The molecule has 21 heavy (non-hydrogen) atoms. The van der Waals surface area contributed by atoms with Crippen LogP contribution in [0.3, 0.4) is 0 Å². The van der Waals surface area contributed by atoms with Gasteiger partial charge in [0.1, 0.15) is 11.5 Å². The molecule has 1 nitrogen and oxygen atoms in total. The molecule has 2 rings (SSSR count). The maximum absolute atomic E-state index is 5.84. The first kappa shape index (κ1) is 17.3. The van der Waals surface area contributed by atoms with Crippen LogP contribution in [0.5, 0.6) is 11.5 Å². The Morgan fingerprint density at radius 2 is 1.19 bits per heavy atom. The van der Waals surface area contributed by atoms with E-state index in [9.17, 15) is 0 Å². The maximum Gasteiger partial charge on any atom is 0.216 e. The van der Waals surface area contributed by atoms with Crippen molar-refractivity contribution in [3.8, 4) is 11.5 Å². The molecule has 0 aromatic heterocycles. The molecular weight excluding hydrogens is 397 g/mol. The smallest absolute Gasteiger partial charge is 0.216 e. The Morgan fingerprint density at radius 3 is 1.71 bits per heavy atom. The average Bonchev–Trinajstić information content (AvgIpc) is 2.37. The molecule has 0 spiro atoms. The Labute approximate surface area is 152 Å². The molecule has 0 saturated carbocycles. The highest BCUT2D eigenvalue weighted by molar-refractivity contribution is 6.67.